The van der Waals surface area contributed by atoms with Gasteiger partial charge in [-0.25, -0.2) is 4.79 Å². The van der Waals surface area contributed by atoms with Crippen LogP contribution in [-0.2, 0) is 0 Å². The van der Waals surface area contributed by atoms with Gasteiger partial charge in [-0.15, -0.1) is 0 Å². The van der Waals surface area contributed by atoms with E-state index in [4.69, 9.17) is 34.8 Å². The highest BCUT2D eigenvalue weighted by Crippen LogP contribution is 2.32. The monoisotopic (exact) mass is 320 g/mol. The van der Waals surface area contributed by atoms with E-state index >= 15 is 0 Å². The van der Waals surface area contributed by atoms with Crippen molar-refractivity contribution < 1.29 is 4.79 Å². The van der Waals surface area contributed by atoms with E-state index in [0.29, 0.717) is 33.8 Å². The van der Waals surface area contributed by atoms with E-state index in [1.807, 2.05) is 13.8 Å². The van der Waals surface area contributed by atoms with Crippen LogP contribution < -0.4 is 5.32 Å². The largest absolute Gasteiger partial charge is 0.322 e. The third kappa shape index (κ3) is 4.60. The van der Waals surface area contributed by atoms with Gasteiger partial charge >= 0.3 is 6.03 Å². The summed E-state index contributed by atoms with van der Waals surface area (Å²) in [6, 6.07) is 2.76. The Hall–Kier alpha value is -0.900. The first kappa shape index (κ1) is 16.2. The molecule has 0 fully saturated rings. The predicted octanol–water partition coefficient (Wildman–Crippen LogP) is 5.08. The molecule has 19 heavy (non-hydrogen) atoms. The van der Waals surface area contributed by atoms with Crippen LogP contribution in [0, 0.1) is 0 Å². The molecule has 0 heterocycles. The van der Waals surface area contributed by atoms with Crippen molar-refractivity contribution >= 4 is 46.5 Å². The summed E-state index contributed by atoms with van der Waals surface area (Å²) in [6.45, 7) is 8.59. The van der Waals surface area contributed by atoms with Gasteiger partial charge in [0, 0.05) is 13.1 Å². The van der Waals surface area contributed by atoms with Gasteiger partial charge in [0.2, 0.25) is 0 Å². The molecule has 0 saturated carbocycles. The van der Waals surface area contributed by atoms with Gasteiger partial charge in [0.05, 0.1) is 20.8 Å². The lowest BCUT2D eigenvalue weighted by Crippen LogP contribution is -2.35. The number of nitrogens with one attached hydrogen (secondary N) is 1. The van der Waals surface area contributed by atoms with E-state index < -0.39 is 0 Å². The van der Waals surface area contributed by atoms with Crippen LogP contribution in [0.25, 0.3) is 0 Å². The Balaban J connectivity index is 2.86. The van der Waals surface area contributed by atoms with Crippen molar-refractivity contribution in [3.8, 4) is 0 Å². The molecular formula is C13H15Cl3N2O. The summed E-state index contributed by atoms with van der Waals surface area (Å²) in [6.07, 6.45) is 0. The topological polar surface area (TPSA) is 32.3 Å². The molecule has 6 heteroatoms. The average molecular weight is 322 g/mol. The molecule has 3 nitrogen and oxygen atoms in total. The van der Waals surface area contributed by atoms with Crippen molar-refractivity contribution in [2.75, 3.05) is 18.4 Å². The van der Waals surface area contributed by atoms with E-state index in [-0.39, 0.29) is 6.03 Å². The van der Waals surface area contributed by atoms with Gasteiger partial charge in [-0.3, -0.25) is 0 Å². The Kier molecular flexibility index (Phi) is 5.98. The summed E-state index contributed by atoms with van der Waals surface area (Å²) in [7, 11) is 0. The number of amides is 2. The number of nitrogens with zero attached hydrogens (tertiary/aromatic N) is 1. The van der Waals surface area contributed by atoms with Gasteiger partial charge in [-0.1, -0.05) is 47.0 Å². The van der Waals surface area contributed by atoms with Crippen molar-refractivity contribution in [3.05, 3.63) is 39.4 Å². The zero-order chi connectivity index (χ0) is 14.6. The van der Waals surface area contributed by atoms with Crippen LogP contribution in [0.3, 0.4) is 0 Å². The van der Waals surface area contributed by atoms with Crippen molar-refractivity contribution in [2.45, 2.75) is 13.8 Å². The van der Waals surface area contributed by atoms with Crippen LogP contribution in [0.4, 0.5) is 10.5 Å². The smallest absolute Gasteiger partial charge is 0.321 e. The van der Waals surface area contributed by atoms with Gasteiger partial charge in [0.15, 0.2) is 0 Å². The predicted molar refractivity (Wildman–Crippen MR) is 82.6 cm³/mol. The Labute approximate surface area is 128 Å². The Bertz CT molecular complexity index is 503. The van der Waals surface area contributed by atoms with Crippen molar-refractivity contribution in [2.24, 2.45) is 0 Å². The lowest BCUT2D eigenvalue weighted by molar-refractivity contribution is 0.218. The van der Waals surface area contributed by atoms with Crippen molar-refractivity contribution in [1.82, 2.24) is 4.90 Å². The lowest BCUT2D eigenvalue weighted by atomic mass is 10.3. The lowest BCUT2D eigenvalue weighted by Gasteiger charge is -2.22. The van der Waals surface area contributed by atoms with Crippen LogP contribution in [0.2, 0.25) is 15.1 Å². The zero-order valence-electron chi connectivity index (χ0n) is 10.8. The zero-order valence-corrected chi connectivity index (χ0v) is 13.0. The fraction of sp³-hybridized carbons (Fsp3) is 0.308. The highest BCUT2D eigenvalue weighted by Gasteiger charge is 2.14. The first-order chi connectivity index (χ1) is 8.85. The van der Waals surface area contributed by atoms with Gasteiger partial charge < -0.3 is 10.2 Å². The molecule has 1 aromatic rings. The molecular weight excluding hydrogens is 307 g/mol. The molecule has 0 aromatic heterocycles. The summed E-state index contributed by atoms with van der Waals surface area (Å²) in [4.78, 5) is 13.7. The summed E-state index contributed by atoms with van der Waals surface area (Å²) in [5.74, 6) is 0. The quantitative estimate of drug-likeness (QED) is 0.609. The maximum atomic E-state index is 12.1. The molecule has 1 aromatic carbocycles. The molecule has 104 valence electrons. The van der Waals surface area contributed by atoms with Gasteiger partial charge in [-0.05, 0) is 26.0 Å². The minimum Gasteiger partial charge on any atom is -0.321 e. The first-order valence-electron chi connectivity index (χ1n) is 5.70. The summed E-state index contributed by atoms with van der Waals surface area (Å²) >= 11 is 17.7. The number of carbonyl (C=O) groups is 1. The standard InChI is InChI=1S/C13H15Cl3N2O/c1-4-18(7-8(2)3)13(19)17-12-6-10(15)9(14)5-11(12)16/h5-6H,2,4,7H2,1,3H3,(H,17,19). The number of anilines is 1. The maximum Gasteiger partial charge on any atom is 0.322 e. The van der Waals surface area contributed by atoms with Crippen LogP contribution in [0.15, 0.2) is 24.3 Å². The molecule has 0 aliphatic rings. The Morgan fingerprint density at radius 3 is 2.37 bits per heavy atom. The Morgan fingerprint density at radius 1 is 1.26 bits per heavy atom. The molecule has 1 rings (SSSR count). The number of urea groups is 1. The molecule has 1 N–H and O–H groups in total. The number of benzene rings is 1. The highest BCUT2D eigenvalue weighted by molar-refractivity contribution is 6.44. The van der Waals surface area contributed by atoms with Crippen LogP contribution in [-0.4, -0.2) is 24.0 Å². The highest BCUT2D eigenvalue weighted by atomic mass is 35.5. The number of likely N-dealkylation sites (N-methyl/N-ethyl adjacent to an activating group) is 1. The third-order valence-corrected chi connectivity index (χ3v) is 3.42. The minimum atomic E-state index is -0.259. The number of rotatable bonds is 4. The molecule has 0 spiro atoms. The fourth-order valence-electron chi connectivity index (χ4n) is 1.47. The molecule has 0 aliphatic carbocycles. The minimum absolute atomic E-state index is 0.259. The van der Waals surface area contributed by atoms with E-state index in [1.54, 1.807) is 4.90 Å². The summed E-state index contributed by atoms with van der Waals surface area (Å²) in [5.41, 5.74) is 1.33. The van der Waals surface area contributed by atoms with Crippen LogP contribution >= 0.6 is 34.8 Å². The molecule has 0 atom stereocenters. The summed E-state index contributed by atoms with van der Waals surface area (Å²) in [5, 5.41) is 3.73. The second-order valence-corrected chi connectivity index (χ2v) is 5.37. The molecule has 0 bridgehead atoms. The van der Waals surface area contributed by atoms with E-state index in [9.17, 15) is 4.79 Å². The number of carbonyl (C=O) groups excluding carboxylic acids is 1. The normalized spacial score (nSPS) is 10.2. The number of hydrogen-bond acceptors (Lipinski definition) is 1. The van der Waals surface area contributed by atoms with Gasteiger partial charge in [0.25, 0.3) is 0 Å². The SMILES string of the molecule is C=C(C)CN(CC)C(=O)Nc1cc(Cl)c(Cl)cc1Cl. The maximum absolute atomic E-state index is 12.1. The Morgan fingerprint density at radius 2 is 1.84 bits per heavy atom. The number of halogens is 3. The summed E-state index contributed by atoms with van der Waals surface area (Å²) < 4.78 is 0. The van der Waals surface area contributed by atoms with Crippen LogP contribution in [0.5, 0.6) is 0 Å². The number of hydrogen-bond donors (Lipinski definition) is 1. The van der Waals surface area contributed by atoms with Gasteiger partial charge in [-0.2, -0.15) is 0 Å². The van der Waals surface area contributed by atoms with E-state index in [1.165, 1.54) is 12.1 Å². The van der Waals surface area contributed by atoms with Crippen LogP contribution in [0.1, 0.15) is 13.8 Å². The van der Waals surface area contributed by atoms with E-state index in [0.717, 1.165) is 5.57 Å². The molecule has 0 radical (unpaired) electrons. The molecule has 0 saturated heterocycles. The average Bonchev–Trinajstić information content (AvgIpc) is 2.32. The van der Waals surface area contributed by atoms with Gasteiger partial charge in [0.1, 0.15) is 0 Å². The second-order valence-electron chi connectivity index (χ2n) is 4.15. The molecule has 0 unspecified atom stereocenters. The first-order valence-corrected chi connectivity index (χ1v) is 6.83. The molecule has 0 aliphatic heterocycles. The van der Waals surface area contributed by atoms with E-state index in [2.05, 4.69) is 11.9 Å². The fourth-order valence-corrected chi connectivity index (χ4v) is 2.06. The van der Waals surface area contributed by atoms with Crippen molar-refractivity contribution in [3.63, 3.8) is 0 Å². The second kappa shape index (κ2) is 7.04. The van der Waals surface area contributed by atoms with Crippen molar-refractivity contribution in [1.29, 1.82) is 0 Å². The third-order valence-electron chi connectivity index (χ3n) is 2.38. The molecule has 2 amide bonds.